The SMILES string of the molecule is CCC=CP(=O)(O)Oc1ccccc1. The van der Waals surface area contributed by atoms with E-state index in [0.717, 1.165) is 0 Å². The Hall–Kier alpha value is -1.05. The van der Waals surface area contributed by atoms with Crippen molar-refractivity contribution < 1.29 is 14.0 Å². The van der Waals surface area contributed by atoms with Gasteiger partial charge in [0.15, 0.2) is 0 Å². The van der Waals surface area contributed by atoms with Crippen LogP contribution in [0.15, 0.2) is 42.2 Å². The molecule has 1 atom stereocenters. The van der Waals surface area contributed by atoms with Crippen LogP contribution in [-0.4, -0.2) is 4.89 Å². The van der Waals surface area contributed by atoms with Gasteiger partial charge in [-0.2, -0.15) is 0 Å². The maximum Gasteiger partial charge on any atom is 0.400 e. The standard InChI is InChI=1S/C10H13O3P/c1-2-3-9-14(11,12)13-10-7-5-4-6-8-10/h3-9H,2H2,1H3,(H,11,12). The minimum Gasteiger partial charge on any atom is -0.422 e. The first-order chi connectivity index (χ1) is 6.64. The molecule has 14 heavy (non-hydrogen) atoms. The molecule has 3 nitrogen and oxygen atoms in total. The zero-order chi connectivity index (χ0) is 10.4. The Balaban J connectivity index is 2.69. The molecule has 0 bridgehead atoms. The molecule has 1 aromatic carbocycles. The van der Waals surface area contributed by atoms with Crippen molar-refractivity contribution in [3.05, 3.63) is 42.2 Å². The summed E-state index contributed by atoms with van der Waals surface area (Å²) in [6.07, 6.45) is 2.33. The van der Waals surface area contributed by atoms with Gasteiger partial charge in [0.25, 0.3) is 0 Å². The number of rotatable bonds is 4. The highest BCUT2D eigenvalue weighted by Crippen LogP contribution is 2.43. The highest BCUT2D eigenvalue weighted by Gasteiger charge is 2.15. The molecule has 0 saturated carbocycles. The highest BCUT2D eigenvalue weighted by atomic mass is 31.2. The van der Waals surface area contributed by atoms with Crippen LogP contribution < -0.4 is 4.52 Å². The summed E-state index contributed by atoms with van der Waals surface area (Å²) in [5.41, 5.74) is 0. The van der Waals surface area contributed by atoms with Crippen LogP contribution in [0.2, 0.25) is 0 Å². The van der Waals surface area contributed by atoms with Gasteiger partial charge in [0.05, 0.1) is 0 Å². The van der Waals surface area contributed by atoms with Gasteiger partial charge in [-0.05, 0) is 18.6 Å². The van der Waals surface area contributed by atoms with Crippen LogP contribution >= 0.6 is 7.60 Å². The molecule has 1 unspecified atom stereocenters. The fourth-order valence-electron chi connectivity index (χ4n) is 0.901. The maximum absolute atomic E-state index is 11.4. The molecule has 0 saturated heterocycles. The Kier molecular flexibility index (Phi) is 3.93. The van der Waals surface area contributed by atoms with Crippen molar-refractivity contribution in [2.24, 2.45) is 0 Å². The zero-order valence-corrected chi connectivity index (χ0v) is 8.85. The van der Waals surface area contributed by atoms with Crippen molar-refractivity contribution in [3.8, 4) is 5.75 Å². The lowest BCUT2D eigenvalue weighted by atomic mass is 10.3. The van der Waals surface area contributed by atoms with Crippen LogP contribution in [0.3, 0.4) is 0 Å². The van der Waals surface area contributed by atoms with E-state index in [1.807, 2.05) is 13.0 Å². The minimum atomic E-state index is -3.61. The van der Waals surface area contributed by atoms with Crippen molar-refractivity contribution in [3.63, 3.8) is 0 Å². The Morgan fingerprint density at radius 2 is 2.07 bits per heavy atom. The van der Waals surface area contributed by atoms with Gasteiger partial charge in [-0.15, -0.1) is 0 Å². The number of hydrogen-bond acceptors (Lipinski definition) is 2. The van der Waals surface area contributed by atoms with Gasteiger partial charge < -0.3 is 9.42 Å². The van der Waals surface area contributed by atoms with E-state index >= 15 is 0 Å². The van der Waals surface area contributed by atoms with Crippen molar-refractivity contribution in [2.45, 2.75) is 13.3 Å². The molecule has 0 aliphatic rings. The number of allylic oxidation sites excluding steroid dienone is 1. The molecular formula is C10H13O3P. The first kappa shape index (κ1) is 11.0. The smallest absolute Gasteiger partial charge is 0.400 e. The van der Waals surface area contributed by atoms with Crippen LogP contribution in [-0.2, 0) is 4.57 Å². The third-order valence-corrected chi connectivity index (χ3v) is 2.57. The fourth-order valence-corrected chi connectivity index (χ4v) is 1.86. The second-order valence-corrected chi connectivity index (χ2v) is 4.37. The van der Waals surface area contributed by atoms with Crippen molar-refractivity contribution in [2.75, 3.05) is 0 Å². The van der Waals surface area contributed by atoms with Gasteiger partial charge in [-0.1, -0.05) is 31.2 Å². The Morgan fingerprint density at radius 1 is 1.43 bits per heavy atom. The van der Waals surface area contributed by atoms with E-state index in [-0.39, 0.29) is 0 Å². The van der Waals surface area contributed by atoms with Crippen LogP contribution in [0.25, 0.3) is 0 Å². The number of para-hydroxylation sites is 1. The summed E-state index contributed by atoms with van der Waals surface area (Å²) in [5, 5.41) is 0. The van der Waals surface area contributed by atoms with Gasteiger partial charge in [0.2, 0.25) is 0 Å². The molecule has 0 aromatic heterocycles. The highest BCUT2D eigenvalue weighted by molar-refractivity contribution is 7.56. The van der Waals surface area contributed by atoms with Crippen molar-refractivity contribution in [1.82, 2.24) is 0 Å². The second kappa shape index (κ2) is 4.99. The lowest BCUT2D eigenvalue weighted by Crippen LogP contribution is -1.88. The molecule has 0 aliphatic carbocycles. The summed E-state index contributed by atoms with van der Waals surface area (Å²) in [7, 11) is -3.61. The van der Waals surface area contributed by atoms with E-state index in [1.165, 1.54) is 5.82 Å². The zero-order valence-electron chi connectivity index (χ0n) is 7.96. The third-order valence-electron chi connectivity index (χ3n) is 1.51. The average Bonchev–Trinajstić information content (AvgIpc) is 2.16. The number of benzene rings is 1. The van der Waals surface area contributed by atoms with Gasteiger partial charge in [0, 0.05) is 5.82 Å². The normalized spacial score (nSPS) is 15.3. The van der Waals surface area contributed by atoms with Crippen LogP contribution in [0.5, 0.6) is 5.75 Å². The molecule has 0 heterocycles. The van der Waals surface area contributed by atoms with E-state index in [2.05, 4.69) is 0 Å². The molecule has 0 fully saturated rings. The Labute approximate surface area is 83.6 Å². The maximum atomic E-state index is 11.4. The second-order valence-electron chi connectivity index (χ2n) is 2.76. The number of hydrogen-bond donors (Lipinski definition) is 1. The van der Waals surface area contributed by atoms with Crippen molar-refractivity contribution >= 4 is 7.60 Å². The molecule has 0 amide bonds. The molecule has 1 N–H and O–H groups in total. The van der Waals surface area contributed by atoms with E-state index in [1.54, 1.807) is 30.3 Å². The van der Waals surface area contributed by atoms with E-state index < -0.39 is 7.60 Å². The molecule has 76 valence electrons. The molecule has 1 aromatic rings. The summed E-state index contributed by atoms with van der Waals surface area (Å²) in [6.45, 7) is 1.89. The molecule has 0 aliphatic heterocycles. The topological polar surface area (TPSA) is 46.5 Å². The van der Waals surface area contributed by atoms with Crippen LogP contribution in [0.1, 0.15) is 13.3 Å². The van der Waals surface area contributed by atoms with E-state index in [4.69, 9.17) is 4.52 Å². The monoisotopic (exact) mass is 212 g/mol. The fraction of sp³-hybridized carbons (Fsp3) is 0.200. The van der Waals surface area contributed by atoms with Gasteiger partial charge in [-0.25, -0.2) is 4.57 Å². The lowest BCUT2D eigenvalue weighted by Gasteiger charge is -2.08. The Bertz CT molecular complexity index is 346. The quantitative estimate of drug-likeness (QED) is 0.779. The predicted molar refractivity (Wildman–Crippen MR) is 56.3 cm³/mol. The average molecular weight is 212 g/mol. The lowest BCUT2D eigenvalue weighted by molar-refractivity contribution is 0.392. The minimum absolute atomic E-state index is 0.402. The van der Waals surface area contributed by atoms with E-state index in [9.17, 15) is 9.46 Å². The van der Waals surface area contributed by atoms with E-state index in [0.29, 0.717) is 12.2 Å². The van der Waals surface area contributed by atoms with Gasteiger partial charge in [0.1, 0.15) is 5.75 Å². The molecular weight excluding hydrogens is 199 g/mol. The molecule has 0 radical (unpaired) electrons. The summed E-state index contributed by atoms with van der Waals surface area (Å²) in [4.78, 5) is 9.35. The Morgan fingerprint density at radius 3 is 2.64 bits per heavy atom. The van der Waals surface area contributed by atoms with Crippen molar-refractivity contribution in [1.29, 1.82) is 0 Å². The molecule has 4 heteroatoms. The summed E-state index contributed by atoms with van der Waals surface area (Å²) >= 11 is 0. The third kappa shape index (κ3) is 3.77. The largest absolute Gasteiger partial charge is 0.422 e. The first-order valence-corrected chi connectivity index (χ1v) is 6.03. The summed E-state index contributed by atoms with van der Waals surface area (Å²) in [6, 6.07) is 8.60. The molecule has 1 rings (SSSR count). The van der Waals surface area contributed by atoms with Crippen LogP contribution in [0.4, 0.5) is 0 Å². The predicted octanol–water partition coefficient (Wildman–Crippen LogP) is 3.17. The first-order valence-electron chi connectivity index (χ1n) is 4.39. The molecule has 0 spiro atoms. The summed E-state index contributed by atoms with van der Waals surface area (Å²) < 4.78 is 16.3. The summed E-state index contributed by atoms with van der Waals surface area (Å²) in [5.74, 6) is 1.61. The van der Waals surface area contributed by atoms with Gasteiger partial charge in [-0.3, -0.25) is 0 Å². The van der Waals surface area contributed by atoms with Crippen LogP contribution in [0, 0.1) is 0 Å². The van der Waals surface area contributed by atoms with Gasteiger partial charge >= 0.3 is 7.60 Å².